The van der Waals surface area contributed by atoms with Gasteiger partial charge in [0.2, 0.25) is 5.91 Å². The van der Waals surface area contributed by atoms with Crippen molar-refractivity contribution in [1.82, 2.24) is 20.9 Å². The molecule has 1 aliphatic rings. The maximum Gasteiger partial charge on any atom is 0.223 e. The molecule has 1 aliphatic carbocycles. The van der Waals surface area contributed by atoms with Crippen LogP contribution in [-0.2, 0) is 4.79 Å². The van der Waals surface area contributed by atoms with Gasteiger partial charge in [0.1, 0.15) is 0 Å². The van der Waals surface area contributed by atoms with Crippen molar-refractivity contribution >= 4 is 11.9 Å². The van der Waals surface area contributed by atoms with Crippen LogP contribution < -0.4 is 16.0 Å². The predicted octanol–water partition coefficient (Wildman–Crippen LogP) is 0.798. The summed E-state index contributed by atoms with van der Waals surface area (Å²) in [5, 5.41) is 9.44. The lowest BCUT2D eigenvalue weighted by Gasteiger charge is -2.23. The van der Waals surface area contributed by atoms with Crippen molar-refractivity contribution in [2.75, 3.05) is 39.3 Å². The third-order valence-corrected chi connectivity index (χ3v) is 3.80. The van der Waals surface area contributed by atoms with Gasteiger partial charge in [0, 0.05) is 38.1 Å². The number of nitrogens with one attached hydrogen (secondary N) is 3. The number of rotatable bonds is 10. The average molecular weight is 311 g/mol. The van der Waals surface area contributed by atoms with Gasteiger partial charge in [-0.1, -0.05) is 6.92 Å². The molecule has 0 heterocycles. The minimum absolute atomic E-state index is 0.194. The highest BCUT2D eigenvalue weighted by molar-refractivity contribution is 5.81. The van der Waals surface area contributed by atoms with Gasteiger partial charge in [0.15, 0.2) is 5.96 Å². The molecule has 0 aromatic rings. The summed E-state index contributed by atoms with van der Waals surface area (Å²) in [6.07, 6.45) is 2.10. The molecule has 3 N–H and O–H groups in total. The molecular weight excluding hydrogens is 278 g/mol. The number of aliphatic imine (C=N–C) groups is 1. The van der Waals surface area contributed by atoms with E-state index in [1.165, 1.54) is 0 Å². The van der Waals surface area contributed by atoms with Crippen LogP contribution in [0.15, 0.2) is 4.99 Å². The molecule has 22 heavy (non-hydrogen) atoms. The summed E-state index contributed by atoms with van der Waals surface area (Å²) >= 11 is 0. The highest BCUT2D eigenvalue weighted by Crippen LogP contribution is 2.28. The Morgan fingerprint density at radius 2 is 1.86 bits per heavy atom. The molecule has 0 aromatic carbocycles. The van der Waals surface area contributed by atoms with Gasteiger partial charge in [-0.05, 0) is 40.2 Å². The zero-order valence-corrected chi connectivity index (χ0v) is 14.6. The van der Waals surface area contributed by atoms with E-state index < -0.39 is 0 Å². The minimum atomic E-state index is 0.194. The third kappa shape index (κ3) is 7.64. The van der Waals surface area contributed by atoms with Crippen molar-refractivity contribution in [3.8, 4) is 0 Å². The van der Waals surface area contributed by atoms with Crippen LogP contribution in [0, 0.1) is 5.92 Å². The van der Waals surface area contributed by atoms with Crippen LogP contribution in [-0.4, -0.2) is 62.1 Å². The fraction of sp³-hybridized carbons (Fsp3) is 0.875. The van der Waals surface area contributed by atoms with E-state index >= 15 is 0 Å². The molecule has 0 bridgehead atoms. The van der Waals surface area contributed by atoms with E-state index in [0.29, 0.717) is 19.1 Å². The number of hydrogen-bond donors (Lipinski definition) is 3. The molecule has 1 saturated carbocycles. The fourth-order valence-corrected chi connectivity index (χ4v) is 2.27. The first-order chi connectivity index (χ1) is 10.6. The molecule has 0 atom stereocenters. The van der Waals surface area contributed by atoms with Gasteiger partial charge in [-0.2, -0.15) is 0 Å². The molecule has 6 nitrogen and oxygen atoms in total. The van der Waals surface area contributed by atoms with Crippen LogP contribution in [0.5, 0.6) is 0 Å². The first kappa shape index (κ1) is 18.7. The van der Waals surface area contributed by atoms with Crippen molar-refractivity contribution in [3.05, 3.63) is 0 Å². The van der Waals surface area contributed by atoms with Gasteiger partial charge in [-0.25, -0.2) is 0 Å². The molecule has 1 rings (SSSR count). The molecule has 0 aromatic heterocycles. The summed E-state index contributed by atoms with van der Waals surface area (Å²) in [7, 11) is 0. The number of nitrogens with zero attached hydrogens (tertiary/aromatic N) is 2. The second-order valence-corrected chi connectivity index (χ2v) is 5.98. The Bertz CT molecular complexity index is 352. The smallest absolute Gasteiger partial charge is 0.223 e. The Labute approximate surface area is 135 Å². The van der Waals surface area contributed by atoms with Crippen LogP contribution in [0.4, 0.5) is 0 Å². The molecule has 0 saturated heterocycles. The summed E-state index contributed by atoms with van der Waals surface area (Å²) in [5.41, 5.74) is 0. The van der Waals surface area contributed by atoms with Crippen molar-refractivity contribution in [2.24, 2.45) is 10.9 Å². The van der Waals surface area contributed by atoms with Crippen molar-refractivity contribution in [3.63, 3.8) is 0 Å². The predicted molar refractivity (Wildman–Crippen MR) is 92.1 cm³/mol. The third-order valence-electron chi connectivity index (χ3n) is 3.80. The van der Waals surface area contributed by atoms with Gasteiger partial charge in [0.05, 0.1) is 6.54 Å². The van der Waals surface area contributed by atoms with Gasteiger partial charge in [-0.3, -0.25) is 14.7 Å². The largest absolute Gasteiger partial charge is 0.357 e. The molecule has 0 aliphatic heterocycles. The van der Waals surface area contributed by atoms with E-state index in [4.69, 9.17) is 0 Å². The van der Waals surface area contributed by atoms with Crippen LogP contribution in [0.25, 0.3) is 0 Å². The number of likely N-dealkylation sites (N-methyl/N-ethyl adjacent to an activating group) is 1. The lowest BCUT2D eigenvalue weighted by molar-refractivity contribution is -0.122. The number of carbonyl (C=O) groups excluding carboxylic acids is 1. The second kappa shape index (κ2) is 10.4. The van der Waals surface area contributed by atoms with E-state index in [-0.39, 0.29) is 11.8 Å². The van der Waals surface area contributed by atoms with Crippen LogP contribution in [0.1, 0.15) is 40.5 Å². The van der Waals surface area contributed by atoms with Crippen molar-refractivity contribution in [1.29, 1.82) is 0 Å². The summed E-state index contributed by atoms with van der Waals surface area (Å²) < 4.78 is 0. The Balaban J connectivity index is 2.23. The number of hydrogen-bond acceptors (Lipinski definition) is 3. The summed E-state index contributed by atoms with van der Waals surface area (Å²) in [4.78, 5) is 18.5. The first-order valence-corrected chi connectivity index (χ1v) is 8.62. The van der Waals surface area contributed by atoms with Gasteiger partial charge >= 0.3 is 0 Å². The average Bonchev–Trinajstić information content (AvgIpc) is 3.31. The normalized spacial score (nSPS) is 15.3. The summed E-state index contributed by atoms with van der Waals surface area (Å²) in [5.74, 6) is 1.29. The molecule has 1 fully saturated rings. The summed E-state index contributed by atoms with van der Waals surface area (Å²) in [6.45, 7) is 13.6. The Hall–Kier alpha value is -1.30. The van der Waals surface area contributed by atoms with Gasteiger partial charge in [-0.15, -0.1) is 0 Å². The molecule has 6 heteroatoms. The van der Waals surface area contributed by atoms with E-state index in [1.807, 2.05) is 0 Å². The second-order valence-electron chi connectivity index (χ2n) is 5.98. The van der Waals surface area contributed by atoms with Crippen LogP contribution in [0.2, 0.25) is 0 Å². The van der Waals surface area contributed by atoms with Gasteiger partial charge < -0.3 is 16.0 Å². The Kier molecular flexibility index (Phi) is 8.89. The fourth-order valence-electron chi connectivity index (χ4n) is 2.27. The molecular formula is C16H33N5O. The Morgan fingerprint density at radius 3 is 2.41 bits per heavy atom. The van der Waals surface area contributed by atoms with E-state index in [9.17, 15) is 4.79 Å². The standard InChI is InChI=1S/C16H33N5O/c1-5-17-16(20-11-12-21(6-2)13(3)4)19-10-9-18-15(22)14-7-8-14/h13-14H,5-12H2,1-4H3,(H,18,22)(H2,17,19,20). The first-order valence-electron chi connectivity index (χ1n) is 8.62. The van der Waals surface area contributed by atoms with E-state index in [2.05, 4.69) is 53.5 Å². The maximum absolute atomic E-state index is 11.5. The lowest BCUT2D eigenvalue weighted by atomic mass is 10.3. The quantitative estimate of drug-likeness (QED) is 0.317. The summed E-state index contributed by atoms with van der Waals surface area (Å²) in [6, 6.07) is 0.549. The van der Waals surface area contributed by atoms with Crippen LogP contribution in [0.3, 0.4) is 0 Å². The molecule has 0 radical (unpaired) electrons. The number of carbonyl (C=O) groups is 1. The van der Waals surface area contributed by atoms with E-state index in [1.54, 1.807) is 0 Å². The highest BCUT2D eigenvalue weighted by Gasteiger charge is 2.28. The van der Waals surface area contributed by atoms with Crippen LogP contribution >= 0.6 is 0 Å². The van der Waals surface area contributed by atoms with Crippen molar-refractivity contribution in [2.45, 2.75) is 46.6 Å². The molecule has 0 spiro atoms. The minimum Gasteiger partial charge on any atom is -0.357 e. The molecule has 0 unspecified atom stereocenters. The van der Waals surface area contributed by atoms with Crippen molar-refractivity contribution < 1.29 is 4.79 Å². The molecule has 128 valence electrons. The molecule has 1 amide bonds. The lowest BCUT2D eigenvalue weighted by Crippen LogP contribution is -2.42. The maximum atomic E-state index is 11.5. The number of guanidine groups is 1. The monoisotopic (exact) mass is 311 g/mol. The van der Waals surface area contributed by atoms with Gasteiger partial charge in [0.25, 0.3) is 0 Å². The topological polar surface area (TPSA) is 68.8 Å². The zero-order chi connectivity index (χ0) is 16.4. The zero-order valence-electron chi connectivity index (χ0n) is 14.6. The highest BCUT2D eigenvalue weighted by atomic mass is 16.2. The Morgan fingerprint density at radius 1 is 1.18 bits per heavy atom. The number of amides is 1. The SMILES string of the molecule is CCNC(=NCCN(CC)C(C)C)NCCNC(=O)C1CC1. The van der Waals surface area contributed by atoms with E-state index in [0.717, 1.165) is 45.0 Å².